The highest BCUT2D eigenvalue weighted by Crippen LogP contribution is 2.26. The molecule has 0 atom stereocenters. The van der Waals surface area contributed by atoms with Crippen LogP contribution in [0.4, 0.5) is 11.4 Å². The number of anilines is 2. The van der Waals surface area contributed by atoms with E-state index in [1.165, 1.54) is 10.0 Å². The Labute approximate surface area is 192 Å². The summed E-state index contributed by atoms with van der Waals surface area (Å²) in [4.78, 5) is 25.3. The standard InChI is InChI=1S/C20H18ClIN4O4/c1-3-29-19(27)17-24-26(16-11-7-14(22)8-12-16)18(20(28)30-4-2)23-25(17)15-9-5-13(21)6-10-15/h5-12H,3-4H2,1-2H3. The van der Waals surface area contributed by atoms with Crippen LogP contribution in [-0.4, -0.2) is 36.8 Å². The summed E-state index contributed by atoms with van der Waals surface area (Å²) in [6, 6.07) is 13.8. The zero-order valence-corrected chi connectivity index (χ0v) is 19.1. The van der Waals surface area contributed by atoms with Gasteiger partial charge in [0.2, 0.25) is 0 Å². The van der Waals surface area contributed by atoms with Crippen molar-refractivity contribution >= 4 is 69.2 Å². The summed E-state index contributed by atoms with van der Waals surface area (Å²) in [6.07, 6.45) is 0. The van der Waals surface area contributed by atoms with Crippen molar-refractivity contribution < 1.29 is 19.1 Å². The average Bonchev–Trinajstić information content (AvgIpc) is 2.74. The van der Waals surface area contributed by atoms with Crippen molar-refractivity contribution in [2.75, 3.05) is 23.2 Å². The lowest BCUT2D eigenvalue weighted by molar-refractivity contribution is -0.136. The fraction of sp³-hybridized carbons (Fsp3) is 0.200. The summed E-state index contributed by atoms with van der Waals surface area (Å²) in [5.74, 6) is -1.57. The molecule has 2 aromatic rings. The number of hydrogen-bond acceptors (Lipinski definition) is 8. The third kappa shape index (κ3) is 4.90. The first-order valence-electron chi connectivity index (χ1n) is 9.07. The largest absolute Gasteiger partial charge is 0.460 e. The molecule has 10 heteroatoms. The highest BCUT2D eigenvalue weighted by Gasteiger charge is 2.34. The van der Waals surface area contributed by atoms with E-state index in [1.807, 2.05) is 12.1 Å². The zero-order chi connectivity index (χ0) is 21.7. The molecule has 0 fully saturated rings. The van der Waals surface area contributed by atoms with Gasteiger partial charge in [-0.25, -0.2) is 19.6 Å². The molecule has 0 saturated heterocycles. The first-order chi connectivity index (χ1) is 14.4. The maximum atomic E-state index is 12.7. The zero-order valence-electron chi connectivity index (χ0n) is 16.2. The van der Waals surface area contributed by atoms with Crippen LogP contribution in [0.25, 0.3) is 0 Å². The van der Waals surface area contributed by atoms with Gasteiger partial charge in [0.05, 0.1) is 24.6 Å². The second-order valence-corrected chi connectivity index (χ2v) is 7.55. The lowest BCUT2D eigenvalue weighted by atomic mass is 10.3. The lowest BCUT2D eigenvalue weighted by Crippen LogP contribution is -2.47. The van der Waals surface area contributed by atoms with Crippen molar-refractivity contribution in [2.45, 2.75) is 13.8 Å². The SMILES string of the molecule is CCOC(=O)C1=NN(c2ccc(I)cc2)C(C(=O)OCC)=NN1c1ccc(Cl)cc1. The van der Waals surface area contributed by atoms with E-state index in [-0.39, 0.29) is 24.9 Å². The van der Waals surface area contributed by atoms with Gasteiger partial charge in [0.1, 0.15) is 0 Å². The minimum Gasteiger partial charge on any atom is -0.460 e. The molecular formula is C20H18ClIN4O4. The lowest BCUT2D eigenvalue weighted by Gasteiger charge is -2.30. The van der Waals surface area contributed by atoms with Crippen molar-refractivity contribution in [1.29, 1.82) is 0 Å². The van der Waals surface area contributed by atoms with E-state index in [0.29, 0.717) is 16.4 Å². The second-order valence-electron chi connectivity index (χ2n) is 5.86. The first-order valence-corrected chi connectivity index (χ1v) is 10.5. The van der Waals surface area contributed by atoms with Gasteiger partial charge in [0.15, 0.2) is 0 Å². The molecule has 0 bridgehead atoms. The Morgan fingerprint density at radius 2 is 1.23 bits per heavy atom. The van der Waals surface area contributed by atoms with Crippen LogP contribution in [0, 0.1) is 3.57 Å². The Morgan fingerprint density at radius 3 is 1.63 bits per heavy atom. The number of ether oxygens (including phenoxy) is 2. The Morgan fingerprint density at radius 1 is 0.833 bits per heavy atom. The van der Waals surface area contributed by atoms with Crippen LogP contribution >= 0.6 is 34.2 Å². The van der Waals surface area contributed by atoms with Gasteiger partial charge in [-0.05, 0) is 85.0 Å². The number of benzene rings is 2. The maximum Gasteiger partial charge on any atom is 0.378 e. The van der Waals surface area contributed by atoms with Gasteiger partial charge in [0, 0.05) is 8.59 Å². The van der Waals surface area contributed by atoms with Crippen LogP contribution in [0.3, 0.4) is 0 Å². The Balaban J connectivity index is 2.14. The van der Waals surface area contributed by atoms with Crippen LogP contribution in [0.15, 0.2) is 58.7 Å². The quantitative estimate of drug-likeness (QED) is 0.407. The fourth-order valence-corrected chi connectivity index (χ4v) is 3.02. The minimum absolute atomic E-state index is 0.0962. The van der Waals surface area contributed by atoms with Gasteiger partial charge in [-0.15, -0.1) is 10.2 Å². The second kappa shape index (κ2) is 9.90. The molecule has 2 aromatic carbocycles. The molecule has 0 amide bonds. The molecule has 0 saturated carbocycles. The minimum atomic E-state index is -0.686. The van der Waals surface area contributed by atoms with Gasteiger partial charge < -0.3 is 9.47 Å². The van der Waals surface area contributed by atoms with Crippen LogP contribution < -0.4 is 10.0 Å². The normalized spacial score (nSPS) is 13.5. The highest BCUT2D eigenvalue weighted by atomic mass is 127. The predicted octanol–water partition coefficient (Wildman–Crippen LogP) is 4.02. The topological polar surface area (TPSA) is 83.8 Å². The molecule has 0 radical (unpaired) electrons. The molecule has 8 nitrogen and oxygen atoms in total. The van der Waals surface area contributed by atoms with E-state index in [4.69, 9.17) is 21.1 Å². The fourth-order valence-electron chi connectivity index (χ4n) is 2.54. The van der Waals surface area contributed by atoms with Gasteiger partial charge in [-0.2, -0.15) is 0 Å². The molecule has 0 spiro atoms. The van der Waals surface area contributed by atoms with Gasteiger partial charge in [-0.3, -0.25) is 0 Å². The number of nitrogens with zero attached hydrogens (tertiary/aromatic N) is 4. The first kappa shape index (κ1) is 22.0. The van der Waals surface area contributed by atoms with E-state index in [0.717, 1.165) is 3.57 Å². The Kier molecular flexibility index (Phi) is 7.27. The van der Waals surface area contributed by atoms with Crippen molar-refractivity contribution in [2.24, 2.45) is 10.2 Å². The number of amidine groups is 2. The van der Waals surface area contributed by atoms with E-state index in [9.17, 15) is 9.59 Å². The third-order valence-electron chi connectivity index (χ3n) is 3.85. The third-order valence-corrected chi connectivity index (χ3v) is 4.82. The molecule has 1 aliphatic heterocycles. The molecule has 0 N–H and O–H groups in total. The molecule has 30 heavy (non-hydrogen) atoms. The summed E-state index contributed by atoms with van der Waals surface area (Å²) in [5.41, 5.74) is 1.02. The molecule has 3 rings (SSSR count). The number of hydrogen-bond donors (Lipinski definition) is 0. The van der Waals surface area contributed by atoms with E-state index < -0.39 is 11.9 Å². The van der Waals surface area contributed by atoms with Crippen LogP contribution in [0.2, 0.25) is 5.02 Å². The Bertz CT molecular complexity index is 911. The summed E-state index contributed by atoms with van der Waals surface area (Å²) in [5, 5.41) is 11.8. The van der Waals surface area contributed by atoms with Gasteiger partial charge in [-0.1, -0.05) is 11.6 Å². The number of rotatable bonds is 6. The van der Waals surface area contributed by atoms with Crippen molar-refractivity contribution in [3.8, 4) is 0 Å². The maximum absolute atomic E-state index is 12.7. The summed E-state index contributed by atoms with van der Waals surface area (Å²) in [6.45, 7) is 3.71. The average molecular weight is 541 g/mol. The highest BCUT2D eigenvalue weighted by molar-refractivity contribution is 14.1. The molecular weight excluding hydrogens is 523 g/mol. The molecule has 1 aliphatic rings. The van der Waals surface area contributed by atoms with Crippen LogP contribution in [0.5, 0.6) is 0 Å². The van der Waals surface area contributed by atoms with Crippen LogP contribution in [-0.2, 0) is 19.1 Å². The summed E-state index contributed by atoms with van der Waals surface area (Å²) in [7, 11) is 0. The monoisotopic (exact) mass is 540 g/mol. The molecule has 0 unspecified atom stereocenters. The molecule has 0 aromatic heterocycles. The number of halogens is 2. The van der Waals surface area contributed by atoms with Crippen molar-refractivity contribution in [1.82, 2.24) is 0 Å². The van der Waals surface area contributed by atoms with E-state index >= 15 is 0 Å². The summed E-state index contributed by atoms with van der Waals surface area (Å²) >= 11 is 8.15. The molecule has 0 aliphatic carbocycles. The van der Waals surface area contributed by atoms with Crippen molar-refractivity contribution in [3.05, 3.63) is 57.1 Å². The summed E-state index contributed by atoms with van der Waals surface area (Å²) < 4.78 is 11.3. The number of hydrazone groups is 2. The van der Waals surface area contributed by atoms with E-state index in [2.05, 4.69) is 32.8 Å². The predicted molar refractivity (Wildman–Crippen MR) is 124 cm³/mol. The Hall–Kier alpha value is -2.66. The smallest absolute Gasteiger partial charge is 0.378 e. The molecule has 156 valence electrons. The van der Waals surface area contributed by atoms with Gasteiger partial charge in [0.25, 0.3) is 11.7 Å². The number of esters is 2. The van der Waals surface area contributed by atoms with Crippen LogP contribution in [0.1, 0.15) is 13.8 Å². The van der Waals surface area contributed by atoms with Gasteiger partial charge >= 0.3 is 11.9 Å². The number of carbonyl (C=O) groups is 2. The van der Waals surface area contributed by atoms with Crippen molar-refractivity contribution in [3.63, 3.8) is 0 Å². The number of carbonyl (C=O) groups excluding carboxylic acids is 2. The molecule has 1 heterocycles. The van der Waals surface area contributed by atoms with E-state index in [1.54, 1.807) is 50.2 Å².